The molecular weight excluding hydrogens is 356 g/mol. The summed E-state index contributed by atoms with van der Waals surface area (Å²) in [6, 6.07) is 0.670. The second kappa shape index (κ2) is 10.3. The maximum absolute atomic E-state index is 12.9. The van der Waals surface area contributed by atoms with Crippen LogP contribution in [-0.4, -0.2) is 77.8 Å². The van der Waals surface area contributed by atoms with Crippen molar-refractivity contribution in [1.82, 2.24) is 30.5 Å². The molecule has 0 bridgehead atoms. The molecule has 1 aromatic rings. The molecule has 0 aliphatic carbocycles. The minimum absolute atomic E-state index is 0.109. The Morgan fingerprint density at radius 3 is 2.57 bits per heavy atom. The summed E-state index contributed by atoms with van der Waals surface area (Å²) in [6.45, 7) is 12.5. The molecule has 2 aliphatic heterocycles. The maximum atomic E-state index is 12.9. The van der Waals surface area contributed by atoms with Crippen molar-refractivity contribution in [3.05, 3.63) is 11.4 Å². The molecule has 8 nitrogen and oxygen atoms in total. The molecule has 2 N–H and O–H groups in total. The topological polar surface area (TPSA) is 84.3 Å². The van der Waals surface area contributed by atoms with Crippen LogP contribution in [0.2, 0.25) is 0 Å². The summed E-state index contributed by atoms with van der Waals surface area (Å²) in [4.78, 5) is 15.3. The molecule has 1 aromatic heterocycles. The number of hydrogen-bond acceptors (Lipinski definition) is 6. The van der Waals surface area contributed by atoms with E-state index >= 15 is 0 Å². The summed E-state index contributed by atoms with van der Waals surface area (Å²) in [5.74, 6) is 0.451. The van der Waals surface area contributed by atoms with E-state index in [-0.39, 0.29) is 5.91 Å². The second-order valence-corrected chi connectivity index (χ2v) is 7.95. The van der Waals surface area contributed by atoms with E-state index in [1.807, 2.05) is 11.6 Å². The minimum Gasteiger partial charge on any atom is -0.379 e. The van der Waals surface area contributed by atoms with Gasteiger partial charge in [0.2, 0.25) is 0 Å². The van der Waals surface area contributed by atoms with Crippen LogP contribution in [-0.2, 0) is 4.74 Å². The van der Waals surface area contributed by atoms with Crippen molar-refractivity contribution in [3.63, 3.8) is 0 Å². The number of carbonyl (C=O) groups excluding carboxylic acids is 1. The number of morpholine rings is 1. The van der Waals surface area contributed by atoms with Crippen LogP contribution in [0.15, 0.2) is 0 Å². The molecule has 158 valence electrons. The molecule has 2 aliphatic rings. The minimum atomic E-state index is -0.109. The molecule has 28 heavy (non-hydrogen) atoms. The summed E-state index contributed by atoms with van der Waals surface area (Å²) in [5.41, 5.74) is 1.33. The van der Waals surface area contributed by atoms with E-state index < -0.39 is 0 Å². The zero-order chi connectivity index (χ0) is 19.9. The highest BCUT2D eigenvalue weighted by Gasteiger charge is 2.28. The molecule has 0 saturated carbocycles. The van der Waals surface area contributed by atoms with Crippen LogP contribution in [0, 0.1) is 12.8 Å². The normalized spacial score (nSPS) is 20.4. The number of piperidine rings is 1. The first kappa shape index (κ1) is 21.2. The van der Waals surface area contributed by atoms with Crippen molar-refractivity contribution in [1.29, 1.82) is 0 Å². The van der Waals surface area contributed by atoms with Gasteiger partial charge >= 0.3 is 0 Å². The molecule has 8 heteroatoms. The average Bonchev–Trinajstić information content (AvgIpc) is 3.13. The van der Waals surface area contributed by atoms with Crippen LogP contribution < -0.4 is 10.6 Å². The zero-order valence-electron chi connectivity index (χ0n) is 17.6. The monoisotopic (exact) mass is 392 g/mol. The molecular formula is C20H36N6O2. The maximum Gasteiger partial charge on any atom is 0.273 e. The van der Waals surface area contributed by atoms with E-state index in [9.17, 15) is 4.79 Å². The number of carbonyl (C=O) groups is 1. The van der Waals surface area contributed by atoms with Gasteiger partial charge in [-0.05, 0) is 38.8 Å². The number of nitrogens with zero attached hydrogens (tertiary/aromatic N) is 4. The highest BCUT2D eigenvalue weighted by molar-refractivity contribution is 5.93. The summed E-state index contributed by atoms with van der Waals surface area (Å²) in [5, 5.41) is 15.0. The molecule has 0 aromatic carbocycles. The highest BCUT2D eigenvalue weighted by atomic mass is 16.5. The number of amides is 1. The number of ether oxygens (including phenoxy) is 1. The van der Waals surface area contributed by atoms with Crippen molar-refractivity contribution in [2.75, 3.05) is 45.9 Å². The summed E-state index contributed by atoms with van der Waals surface area (Å²) in [6.07, 6.45) is 4.27. The first-order valence-corrected chi connectivity index (χ1v) is 10.9. The third-order valence-corrected chi connectivity index (χ3v) is 6.38. The molecule has 2 fully saturated rings. The fourth-order valence-corrected chi connectivity index (χ4v) is 4.57. The van der Waals surface area contributed by atoms with Gasteiger partial charge in [0.15, 0.2) is 5.69 Å². The first-order chi connectivity index (χ1) is 13.7. The Morgan fingerprint density at radius 2 is 1.93 bits per heavy atom. The standard InChI is InChI=1S/C20H36N6O2/c1-4-16(5-2)18(25-10-12-28-13-11-25)14-22-20(27)19-15(3)26(24-23-19)17-6-8-21-9-7-17/h16-18,21H,4-14H2,1-3H3,(H,22,27). The SMILES string of the molecule is CCC(CC)C(CNC(=O)c1nnn(C2CCNCC2)c1C)N1CCOCC1. The Balaban J connectivity index is 1.64. The number of aromatic nitrogens is 3. The van der Waals surface area contributed by atoms with Crippen LogP contribution in [0.1, 0.15) is 61.8 Å². The van der Waals surface area contributed by atoms with Gasteiger partial charge in [-0.15, -0.1) is 5.10 Å². The Labute approximate surface area is 168 Å². The van der Waals surface area contributed by atoms with Crippen molar-refractivity contribution < 1.29 is 9.53 Å². The van der Waals surface area contributed by atoms with E-state index in [1.165, 1.54) is 0 Å². The number of nitrogens with one attached hydrogen (secondary N) is 2. The third kappa shape index (κ3) is 4.90. The van der Waals surface area contributed by atoms with E-state index in [0.717, 1.165) is 70.8 Å². The predicted octanol–water partition coefficient (Wildman–Crippen LogP) is 1.38. The smallest absolute Gasteiger partial charge is 0.273 e. The van der Waals surface area contributed by atoms with Crippen LogP contribution in [0.4, 0.5) is 0 Å². The van der Waals surface area contributed by atoms with E-state index in [4.69, 9.17) is 4.74 Å². The van der Waals surface area contributed by atoms with Crippen molar-refractivity contribution in [3.8, 4) is 0 Å². The molecule has 1 atom stereocenters. The summed E-state index contributed by atoms with van der Waals surface area (Å²) >= 11 is 0. The van der Waals surface area contributed by atoms with Gasteiger partial charge in [0.05, 0.1) is 24.9 Å². The molecule has 3 heterocycles. The lowest BCUT2D eigenvalue weighted by atomic mass is 9.92. The second-order valence-electron chi connectivity index (χ2n) is 7.95. The molecule has 1 unspecified atom stereocenters. The lowest BCUT2D eigenvalue weighted by Crippen LogP contribution is -2.52. The molecule has 0 radical (unpaired) electrons. The van der Waals surface area contributed by atoms with Gasteiger partial charge in [-0.3, -0.25) is 9.69 Å². The Kier molecular flexibility index (Phi) is 7.82. The van der Waals surface area contributed by atoms with Gasteiger partial charge in [0.1, 0.15) is 0 Å². The fraction of sp³-hybridized carbons (Fsp3) is 0.850. The number of rotatable bonds is 8. The van der Waals surface area contributed by atoms with E-state index in [1.54, 1.807) is 0 Å². The molecule has 2 saturated heterocycles. The van der Waals surface area contributed by atoms with Crippen molar-refractivity contribution in [2.45, 2.75) is 58.5 Å². The predicted molar refractivity (Wildman–Crippen MR) is 108 cm³/mol. The largest absolute Gasteiger partial charge is 0.379 e. The Bertz CT molecular complexity index is 618. The third-order valence-electron chi connectivity index (χ3n) is 6.38. The van der Waals surface area contributed by atoms with Crippen LogP contribution in [0.25, 0.3) is 0 Å². The van der Waals surface area contributed by atoms with Crippen LogP contribution >= 0.6 is 0 Å². The zero-order valence-corrected chi connectivity index (χ0v) is 17.6. The van der Waals surface area contributed by atoms with Crippen molar-refractivity contribution >= 4 is 5.91 Å². The lowest BCUT2D eigenvalue weighted by molar-refractivity contribution is 0.00190. The molecule has 1 amide bonds. The highest BCUT2D eigenvalue weighted by Crippen LogP contribution is 2.21. The van der Waals surface area contributed by atoms with Gasteiger partial charge < -0.3 is 15.4 Å². The van der Waals surface area contributed by atoms with Crippen molar-refractivity contribution in [2.24, 2.45) is 5.92 Å². The van der Waals surface area contributed by atoms with Gasteiger partial charge in [-0.1, -0.05) is 31.9 Å². The van der Waals surface area contributed by atoms with Crippen LogP contribution in [0.5, 0.6) is 0 Å². The quantitative estimate of drug-likeness (QED) is 0.695. The van der Waals surface area contributed by atoms with Gasteiger partial charge in [-0.2, -0.15) is 0 Å². The molecule has 3 rings (SSSR count). The Morgan fingerprint density at radius 1 is 1.25 bits per heavy atom. The van der Waals surface area contributed by atoms with E-state index in [2.05, 4.69) is 39.7 Å². The Hall–Kier alpha value is -1.51. The van der Waals surface area contributed by atoms with Gasteiger partial charge in [0, 0.05) is 25.7 Å². The summed E-state index contributed by atoms with van der Waals surface area (Å²) in [7, 11) is 0. The van der Waals surface area contributed by atoms with E-state index in [0.29, 0.717) is 30.2 Å². The number of hydrogen-bond donors (Lipinski definition) is 2. The summed E-state index contributed by atoms with van der Waals surface area (Å²) < 4.78 is 7.45. The van der Waals surface area contributed by atoms with Gasteiger partial charge in [0.25, 0.3) is 5.91 Å². The lowest BCUT2D eigenvalue weighted by Gasteiger charge is -2.38. The molecule has 0 spiro atoms. The van der Waals surface area contributed by atoms with Crippen LogP contribution in [0.3, 0.4) is 0 Å². The first-order valence-electron chi connectivity index (χ1n) is 10.9. The average molecular weight is 393 g/mol. The fourth-order valence-electron chi connectivity index (χ4n) is 4.57. The van der Waals surface area contributed by atoms with Gasteiger partial charge in [-0.25, -0.2) is 4.68 Å².